The summed E-state index contributed by atoms with van der Waals surface area (Å²) < 4.78 is 20.3. The predicted molar refractivity (Wildman–Crippen MR) is 126 cm³/mol. The van der Waals surface area contributed by atoms with E-state index >= 15 is 0 Å². The highest BCUT2D eigenvalue weighted by molar-refractivity contribution is 7.09. The first-order valence-electron chi connectivity index (χ1n) is 10.7. The smallest absolute Gasteiger partial charge is 0.183 e. The van der Waals surface area contributed by atoms with Gasteiger partial charge in [0.2, 0.25) is 0 Å². The second-order valence-electron chi connectivity index (χ2n) is 8.17. The van der Waals surface area contributed by atoms with Crippen molar-refractivity contribution in [3.63, 3.8) is 0 Å². The molecular weight excluding hydrogens is 463 g/mol. The van der Waals surface area contributed by atoms with Crippen LogP contribution >= 0.6 is 22.9 Å². The maximum atomic E-state index is 14.3. The summed E-state index contributed by atoms with van der Waals surface area (Å²) in [6.07, 6.45) is 5.64. The van der Waals surface area contributed by atoms with Crippen LogP contribution in [0.1, 0.15) is 36.4 Å². The third-order valence-electron chi connectivity index (χ3n) is 6.00. The Hall–Kier alpha value is -3.04. The lowest BCUT2D eigenvalue weighted by Gasteiger charge is -2.38. The van der Waals surface area contributed by atoms with Crippen LogP contribution in [-0.4, -0.2) is 31.5 Å². The summed E-state index contributed by atoms with van der Waals surface area (Å²) in [6, 6.07) is 12.6. The Kier molecular flexibility index (Phi) is 6.24. The molecule has 2 N–H and O–H groups in total. The SMILES string of the molecule is Fc1c(Cl)cccc1O[C@H]1CC[C@](Cc2cccc(Nc3cc[nH]n3)n2)(c2nncs2)CC1. The summed E-state index contributed by atoms with van der Waals surface area (Å²) in [5.41, 5.74) is 2.54. The number of aromatic amines is 1. The fourth-order valence-corrected chi connectivity index (χ4v) is 5.32. The van der Waals surface area contributed by atoms with E-state index in [1.165, 1.54) is 6.07 Å². The predicted octanol–water partition coefficient (Wildman–Crippen LogP) is 5.69. The highest BCUT2D eigenvalue weighted by Crippen LogP contribution is 2.43. The van der Waals surface area contributed by atoms with Crippen LogP contribution in [0.2, 0.25) is 5.02 Å². The Labute approximate surface area is 199 Å². The van der Waals surface area contributed by atoms with E-state index in [9.17, 15) is 4.39 Å². The van der Waals surface area contributed by atoms with Crippen LogP contribution in [0, 0.1) is 5.82 Å². The maximum Gasteiger partial charge on any atom is 0.183 e. The minimum atomic E-state index is -0.509. The van der Waals surface area contributed by atoms with Gasteiger partial charge in [0.25, 0.3) is 0 Å². The van der Waals surface area contributed by atoms with Crippen molar-refractivity contribution in [2.45, 2.75) is 43.6 Å². The molecule has 7 nitrogen and oxygen atoms in total. The molecule has 5 rings (SSSR count). The average Bonchev–Trinajstić information content (AvgIpc) is 3.54. The molecule has 10 heteroatoms. The number of benzene rings is 1. The molecule has 170 valence electrons. The fraction of sp³-hybridized carbons (Fsp3) is 0.304. The Morgan fingerprint density at radius 2 is 2.00 bits per heavy atom. The molecule has 4 aromatic rings. The van der Waals surface area contributed by atoms with Crippen molar-refractivity contribution in [2.75, 3.05) is 5.32 Å². The summed E-state index contributed by atoms with van der Waals surface area (Å²) in [5.74, 6) is 1.14. The fourth-order valence-electron chi connectivity index (χ4n) is 4.34. The van der Waals surface area contributed by atoms with E-state index in [1.54, 1.807) is 35.2 Å². The summed E-state index contributed by atoms with van der Waals surface area (Å²) in [6.45, 7) is 0. The Morgan fingerprint density at radius 3 is 2.76 bits per heavy atom. The van der Waals surface area contributed by atoms with E-state index < -0.39 is 5.82 Å². The number of aromatic nitrogens is 5. The van der Waals surface area contributed by atoms with Gasteiger partial charge >= 0.3 is 0 Å². The van der Waals surface area contributed by atoms with Crippen molar-refractivity contribution < 1.29 is 9.13 Å². The van der Waals surface area contributed by atoms with Crippen LogP contribution in [0.4, 0.5) is 16.0 Å². The van der Waals surface area contributed by atoms with Crippen LogP contribution in [0.5, 0.6) is 5.75 Å². The van der Waals surface area contributed by atoms with E-state index in [-0.39, 0.29) is 22.3 Å². The minimum Gasteiger partial charge on any atom is -0.487 e. The molecule has 0 unspecified atom stereocenters. The summed E-state index contributed by atoms with van der Waals surface area (Å²) >= 11 is 7.47. The summed E-state index contributed by atoms with van der Waals surface area (Å²) in [7, 11) is 0. The number of pyridine rings is 1. The van der Waals surface area contributed by atoms with E-state index in [1.807, 2.05) is 24.3 Å². The van der Waals surface area contributed by atoms with Crippen LogP contribution in [0.25, 0.3) is 0 Å². The molecule has 0 bridgehead atoms. The lowest BCUT2D eigenvalue weighted by molar-refractivity contribution is 0.110. The van der Waals surface area contributed by atoms with Gasteiger partial charge in [-0.3, -0.25) is 5.10 Å². The van der Waals surface area contributed by atoms with Crippen molar-refractivity contribution in [3.8, 4) is 5.75 Å². The largest absolute Gasteiger partial charge is 0.487 e. The number of hydrogen-bond acceptors (Lipinski definition) is 7. The second kappa shape index (κ2) is 9.44. The molecular formula is C23H22ClFN6OS. The molecule has 0 atom stereocenters. The van der Waals surface area contributed by atoms with Crippen molar-refractivity contribution in [1.82, 2.24) is 25.4 Å². The van der Waals surface area contributed by atoms with Crippen molar-refractivity contribution >= 4 is 34.6 Å². The van der Waals surface area contributed by atoms with Crippen LogP contribution in [0.3, 0.4) is 0 Å². The standard InChI is InChI=1S/C23H22ClFN6OS/c24-17-4-2-5-18(21(17)25)32-16-7-10-23(11-8-16,22-31-27-14-33-22)13-15-3-1-6-19(28-15)29-20-9-12-26-30-20/h1-6,9,12,14,16H,7-8,10-11,13H2,(H2,26,28,29,30)/t16-,23-. The third-order valence-corrected chi connectivity index (χ3v) is 7.23. The first-order chi connectivity index (χ1) is 16.1. The zero-order chi connectivity index (χ0) is 22.7. The van der Waals surface area contributed by atoms with E-state index in [0.717, 1.165) is 48.6 Å². The molecule has 0 saturated heterocycles. The zero-order valence-electron chi connectivity index (χ0n) is 17.7. The van der Waals surface area contributed by atoms with Gasteiger partial charge in [-0.25, -0.2) is 9.37 Å². The van der Waals surface area contributed by atoms with Crippen molar-refractivity contribution in [3.05, 3.63) is 75.7 Å². The molecule has 0 amide bonds. The average molecular weight is 485 g/mol. The molecule has 1 aliphatic carbocycles. The number of hydrogen-bond donors (Lipinski definition) is 2. The quantitative estimate of drug-likeness (QED) is 0.350. The molecule has 0 aliphatic heterocycles. The van der Waals surface area contributed by atoms with Crippen LogP contribution < -0.4 is 10.1 Å². The van der Waals surface area contributed by atoms with Gasteiger partial charge in [0, 0.05) is 29.8 Å². The number of H-pyrrole nitrogens is 1. The lowest BCUT2D eigenvalue weighted by Crippen LogP contribution is -2.37. The first kappa shape index (κ1) is 21.8. The number of ether oxygens (including phenoxy) is 1. The number of halogens is 2. The summed E-state index contributed by atoms with van der Waals surface area (Å²) in [4.78, 5) is 4.80. The molecule has 1 saturated carbocycles. The van der Waals surface area contributed by atoms with E-state index in [4.69, 9.17) is 21.3 Å². The second-order valence-corrected chi connectivity index (χ2v) is 9.41. The first-order valence-corrected chi connectivity index (χ1v) is 12.0. The third kappa shape index (κ3) is 4.84. The van der Waals surface area contributed by atoms with Gasteiger partial charge in [0.05, 0.1) is 11.1 Å². The number of anilines is 2. The van der Waals surface area contributed by atoms with Crippen LogP contribution in [-0.2, 0) is 11.8 Å². The monoisotopic (exact) mass is 484 g/mol. The Bertz CT molecular complexity index is 1200. The normalized spacial score (nSPS) is 20.5. The maximum absolute atomic E-state index is 14.3. The van der Waals surface area contributed by atoms with Crippen molar-refractivity contribution in [2.24, 2.45) is 0 Å². The molecule has 3 aromatic heterocycles. The molecule has 0 radical (unpaired) electrons. The molecule has 1 aliphatic rings. The van der Waals surface area contributed by atoms with E-state index in [2.05, 4.69) is 25.7 Å². The van der Waals surface area contributed by atoms with Gasteiger partial charge in [-0.15, -0.1) is 21.5 Å². The van der Waals surface area contributed by atoms with Gasteiger partial charge in [0.15, 0.2) is 17.4 Å². The van der Waals surface area contributed by atoms with Crippen LogP contribution in [0.15, 0.2) is 54.2 Å². The van der Waals surface area contributed by atoms with Gasteiger partial charge in [0.1, 0.15) is 16.3 Å². The van der Waals surface area contributed by atoms with E-state index in [0.29, 0.717) is 5.82 Å². The van der Waals surface area contributed by atoms with Gasteiger partial charge < -0.3 is 10.1 Å². The number of rotatable bonds is 7. The Balaban J connectivity index is 1.32. The molecule has 33 heavy (non-hydrogen) atoms. The molecule has 1 fully saturated rings. The van der Waals surface area contributed by atoms with Crippen molar-refractivity contribution in [1.29, 1.82) is 0 Å². The Morgan fingerprint density at radius 1 is 1.15 bits per heavy atom. The van der Waals surface area contributed by atoms with Gasteiger partial charge in [-0.1, -0.05) is 23.7 Å². The topological polar surface area (TPSA) is 88.6 Å². The highest BCUT2D eigenvalue weighted by Gasteiger charge is 2.40. The zero-order valence-corrected chi connectivity index (χ0v) is 19.2. The summed E-state index contributed by atoms with van der Waals surface area (Å²) in [5, 5.41) is 19.7. The molecule has 0 spiro atoms. The number of nitrogens with one attached hydrogen (secondary N) is 2. The minimum absolute atomic E-state index is 0.0703. The number of nitrogens with zero attached hydrogens (tertiary/aromatic N) is 4. The molecule has 1 aromatic carbocycles. The van der Waals surface area contributed by atoms with Gasteiger partial charge in [-0.2, -0.15) is 5.10 Å². The van der Waals surface area contributed by atoms with Gasteiger partial charge in [-0.05, 0) is 49.9 Å². The highest BCUT2D eigenvalue weighted by atomic mass is 35.5. The molecule has 3 heterocycles. The lowest BCUT2D eigenvalue weighted by atomic mass is 9.70.